The molecule has 4 rings (SSSR count). The van der Waals surface area contributed by atoms with E-state index in [1.165, 1.54) is 32.1 Å². The van der Waals surface area contributed by atoms with Crippen LogP contribution in [0.5, 0.6) is 0 Å². The van der Waals surface area contributed by atoms with Crippen LogP contribution < -0.4 is 5.32 Å². The van der Waals surface area contributed by atoms with Crippen LogP contribution >= 0.6 is 11.6 Å². The van der Waals surface area contributed by atoms with E-state index in [2.05, 4.69) is 5.32 Å². The van der Waals surface area contributed by atoms with Crippen molar-refractivity contribution in [2.75, 3.05) is 6.54 Å². The Morgan fingerprint density at radius 3 is 2.59 bits per heavy atom. The first-order valence-electron chi connectivity index (χ1n) is 10.5. The zero-order valence-corrected chi connectivity index (χ0v) is 16.6. The summed E-state index contributed by atoms with van der Waals surface area (Å²) in [4.78, 5) is 28.2. The van der Waals surface area contributed by atoms with E-state index in [0.29, 0.717) is 22.4 Å². The van der Waals surface area contributed by atoms with Crippen LogP contribution in [0.3, 0.4) is 0 Å². The van der Waals surface area contributed by atoms with Crippen LogP contribution in [-0.2, 0) is 4.79 Å². The number of fused-ring (bicyclic) bond motifs is 1. The average molecular weight is 389 g/mol. The van der Waals surface area contributed by atoms with Crippen LogP contribution in [0.2, 0.25) is 5.02 Å². The first-order valence-corrected chi connectivity index (χ1v) is 10.9. The Kier molecular flexibility index (Phi) is 5.72. The molecule has 146 valence electrons. The molecule has 0 unspecified atom stereocenters. The molecular formula is C22H29ClN2O2. The van der Waals surface area contributed by atoms with Crippen LogP contribution in [0.15, 0.2) is 24.3 Å². The maximum atomic E-state index is 13.3. The van der Waals surface area contributed by atoms with E-state index < -0.39 is 0 Å². The van der Waals surface area contributed by atoms with E-state index in [4.69, 9.17) is 11.6 Å². The Balaban J connectivity index is 1.52. The van der Waals surface area contributed by atoms with E-state index in [9.17, 15) is 9.59 Å². The molecule has 27 heavy (non-hydrogen) atoms. The van der Waals surface area contributed by atoms with Gasteiger partial charge in [-0.15, -0.1) is 0 Å². The minimum absolute atomic E-state index is 0.0340. The second-order valence-electron chi connectivity index (χ2n) is 8.48. The molecule has 3 fully saturated rings. The molecule has 3 aliphatic rings. The fourth-order valence-corrected chi connectivity index (χ4v) is 5.52. The van der Waals surface area contributed by atoms with Gasteiger partial charge in [0.05, 0.1) is 0 Å². The molecule has 4 nitrogen and oxygen atoms in total. The van der Waals surface area contributed by atoms with Crippen molar-refractivity contribution in [3.8, 4) is 0 Å². The predicted octanol–water partition coefficient (Wildman–Crippen LogP) is 4.42. The molecule has 0 bridgehead atoms. The van der Waals surface area contributed by atoms with Crippen molar-refractivity contribution in [3.05, 3.63) is 34.9 Å². The molecule has 2 aliphatic carbocycles. The normalized spacial score (nSPS) is 28.2. The topological polar surface area (TPSA) is 49.4 Å². The Morgan fingerprint density at radius 2 is 1.81 bits per heavy atom. The first-order chi connectivity index (χ1) is 13.1. The van der Waals surface area contributed by atoms with Gasteiger partial charge in [0.1, 0.15) is 6.04 Å². The maximum Gasteiger partial charge on any atom is 0.254 e. The SMILES string of the molecule is O=C(NCC1CCCC1)[C@@H]1C[C@H]2CCCC[C@H]2N1C(=O)c1cccc(Cl)c1. The molecule has 0 aromatic heterocycles. The minimum Gasteiger partial charge on any atom is -0.354 e. The molecule has 0 spiro atoms. The largest absolute Gasteiger partial charge is 0.354 e. The molecule has 1 heterocycles. The van der Waals surface area contributed by atoms with Gasteiger partial charge in [0.15, 0.2) is 0 Å². The highest BCUT2D eigenvalue weighted by atomic mass is 35.5. The van der Waals surface area contributed by atoms with Gasteiger partial charge in [-0.25, -0.2) is 0 Å². The number of halogens is 1. The zero-order valence-electron chi connectivity index (χ0n) is 15.8. The number of amides is 2. The second kappa shape index (κ2) is 8.22. The van der Waals surface area contributed by atoms with Crippen molar-refractivity contribution in [1.29, 1.82) is 0 Å². The van der Waals surface area contributed by atoms with E-state index in [0.717, 1.165) is 32.2 Å². The molecule has 2 amide bonds. The lowest BCUT2D eigenvalue weighted by Gasteiger charge is -2.33. The second-order valence-corrected chi connectivity index (χ2v) is 8.92. The fourth-order valence-electron chi connectivity index (χ4n) is 5.33. The summed E-state index contributed by atoms with van der Waals surface area (Å²) >= 11 is 6.10. The Hall–Kier alpha value is -1.55. The van der Waals surface area contributed by atoms with Crippen molar-refractivity contribution in [1.82, 2.24) is 10.2 Å². The van der Waals surface area contributed by atoms with Gasteiger partial charge in [-0.1, -0.05) is 43.4 Å². The van der Waals surface area contributed by atoms with Gasteiger partial charge in [0.2, 0.25) is 5.91 Å². The summed E-state index contributed by atoms with van der Waals surface area (Å²) in [5, 5.41) is 3.72. The zero-order chi connectivity index (χ0) is 18.8. The first kappa shape index (κ1) is 18.8. The molecule has 5 heteroatoms. The number of nitrogens with zero attached hydrogens (tertiary/aromatic N) is 1. The van der Waals surface area contributed by atoms with Crippen molar-refractivity contribution < 1.29 is 9.59 Å². The van der Waals surface area contributed by atoms with Crippen molar-refractivity contribution >= 4 is 23.4 Å². The third-order valence-electron chi connectivity index (χ3n) is 6.74. The van der Waals surface area contributed by atoms with Gasteiger partial charge in [-0.05, 0) is 62.1 Å². The molecule has 3 atom stereocenters. The number of rotatable bonds is 4. The van der Waals surface area contributed by atoms with Crippen molar-refractivity contribution in [2.45, 2.75) is 69.9 Å². The summed E-state index contributed by atoms with van der Waals surface area (Å²) in [7, 11) is 0. The van der Waals surface area contributed by atoms with E-state index in [1.807, 2.05) is 4.90 Å². The number of nitrogens with one attached hydrogen (secondary N) is 1. The summed E-state index contributed by atoms with van der Waals surface area (Å²) < 4.78 is 0. The summed E-state index contributed by atoms with van der Waals surface area (Å²) in [6.45, 7) is 0.754. The Labute approximate surface area is 166 Å². The third kappa shape index (κ3) is 4.01. The number of carbonyl (C=O) groups excluding carboxylic acids is 2. The number of benzene rings is 1. The number of hydrogen-bond donors (Lipinski definition) is 1. The maximum absolute atomic E-state index is 13.3. The third-order valence-corrected chi connectivity index (χ3v) is 6.97. The quantitative estimate of drug-likeness (QED) is 0.829. The van der Waals surface area contributed by atoms with Crippen LogP contribution in [0, 0.1) is 11.8 Å². The van der Waals surface area contributed by atoms with Crippen LogP contribution in [0.4, 0.5) is 0 Å². The molecule has 1 aromatic rings. The van der Waals surface area contributed by atoms with Gasteiger partial charge in [0, 0.05) is 23.2 Å². The highest BCUT2D eigenvalue weighted by Gasteiger charge is 2.47. The van der Waals surface area contributed by atoms with Gasteiger partial charge >= 0.3 is 0 Å². The summed E-state index contributed by atoms with van der Waals surface area (Å²) in [5.74, 6) is 1.04. The van der Waals surface area contributed by atoms with E-state index in [-0.39, 0.29) is 23.9 Å². The lowest BCUT2D eigenvalue weighted by molar-refractivity contribution is -0.125. The Morgan fingerprint density at radius 1 is 1.07 bits per heavy atom. The molecule has 1 aliphatic heterocycles. The summed E-state index contributed by atoms with van der Waals surface area (Å²) in [6.07, 6.45) is 10.2. The van der Waals surface area contributed by atoms with Gasteiger partial charge < -0.3 is 10.2 Å². The molecule has 1 saturated heterocycles. The van der Waals surface area contributed by atoms with Crippen LogP contribution in [-0.4, -0.2) is 35.3 Å². The monoisotopic (exact) mass is 388 g/mol. The van der Waals surface area contributed by atoms with Crippen LogP contribution in [0.1, 0.15) is 68.1 Å². The highest BCUT2D eigenvalue weighted by Crippen LogP contribution is 2.40. The van der Waals surface area contributed by atoms with Crippen molar-refractivity contribution in [3.63, 3.8) is 0 Å². The number of hydrogen-bond acceptors (Lipinski definition) is 2. The number of carbonyl (C=O) groups is 2. The molecular weight excluding hydrogens is 360 g/mol. The lowest BCUT2D eigenvalue weighted by atomic mass is 9.84. The molecule has 2 saturated carbocycles. The standard InChI is InChI=1S/C22H29ClN2O2/c23-18-10-5-9-17(12-18)22(27)25-19-11-4-3-8-16(19)13-20(25)21(26)24-14-15-6-1-2-7-15/h5,9-10,12,15-16,19-20H,1-4,6-8,11,13-14H2,(H,24,26)/t16-,19-,20+/m1/s1. The Bertz CT molecular complexity index is 701. The lowest BCUT2D eigenvalue weighted by Crippen LogP contribution is -2.50. The molecule has 1 N–H and O–H groups in total. The average Bonchev–Trinajstić information content (AvgIpc) is 3.33. The number of likely N-dealkylation sites (tertiary alicyclic amines) is 1. The smallest absolute Gasteiger partial charge is 0.254 e. The van der Waals surface area contributed by atoms with Gasteiger partial charge in [0.25, 0.3) is 5.91 Å². The van der Waals surface area contributed by atoms with Gasteiger partial charge in [-0.3, -0.25) is 9.59 Å². The predicted molar refractivity (Wildman–Crippen MR) is 107 cm³/mol. The molecule has 0 radical (unpaired) electrons. The van der Waals surface area contributed by atoms with Gasteiger partial charge in [-0.2, -0.15) is 0 Å². The van der Waals surface area contributed by atoms with E-state index >= 15 is 0 Å². The highest BCUT2D eigenvalue weighted by molar-refractivity contribution is 6.31. The molecule has 1 aromatic carbocycles. The summed E-state index contributed by atoms with van der Waals surface area (Å²) in [5.41, 5.74) is 0.585. The van der Waals surface area contributed by atoms with Crippen molar-refractivity contribution in [2.24, 2.45) is 11.8 Å². The minimum atomic E-state index is -0.342. The van der Waals surface area contributed by atoms with Crippen LogP contribution in [0.25, 0.3) is 0 Å². The fraction of sp³-hybridized carbons (Fsp3) is 0.636. The summed E-state index contributed by atoms with van der Waals surface area (Å²) in [6, 6.07) is 6.95. The van der Waals surface area contributed by atoms with E-state index in [1.54, 1.807) is 24.3 Å².